The van der Waals surface area contributed by atoms with Crippen molar-refractivity contribution in [3.8, 4) is 0 Å². The number of benzene rings is 1. The van der Waals surface area contributed by atoms with Crippen LogP contribution in [0.1, 0.15) is 41.9 Å². The van der Waals surface area contributed by atoms with Crippen LogP contribution < -0.4 is 5.32 Å². The molecule has 1 aliphatic rings. The summed E-state index contributed by atoms with van der Waals surface area (Å²) in [4.78, 5) is 28.5. The molecule has 1 aromatic heterocycles. The summed E-state index contributed by atoms with van der Waals surface area (Å²) < 4.78 is 27.5. The highest BCUT2D eigenvalue weighted by Gasteiger charge is 2.37. The van der Waals surface area contributed by atoms with Crippen molar-refractivity contribution in [2.45, 2.75) is 44.6 Å². The van der Waals surface area contributed by atoms with Gasteiger partial charge in [-0.25, -0.2) is 8.42 Å². The Bertz CT molecular complexity index is 1010. The quantitative estimate of drug-likeness (QED) is 0.633. The summed E-state index contributed by atoms with van der Waals surface area (Å²) in [5.41, 5.74) is 1.00. The Hall–Kier alpha value is -2.23. The molecule has 0 aliphatic carbocycles. The second-order valence-corrected chi connectivity index (χ2v) is 10.9. The van der Waals surface area contributed by atoms with E-state index in [2.05, 4.69) is 5.32 Å². The highest BCUT2D eigenvalue weighted by Crippen LogP contribution is 2.27. The van der Waals surface area contributed by atoms with Gasteiger partial charge in [0.1, 0.15) is 6.04 Å². The molecule has 2 amide bonds. The van der Waals surface area contributed by atoms with E-state index in [9.17, 15) is 18.0 Å². The molecule has 1 fully saturated rings. The smallest absolute Gasteiger partial charge is 0.262 e. The van der Waals surface area contributed by atoms with Crippen LogP contribution in [0.5, 0.6) is 0 Å². The molecule has 3 rings (SSSR count). The third-order valence-corrected chi connectivity index (χ3v) is 8.78. The fourth-order valence-corrected chi connectivity index (χ4v) is 6.14. The van der Waals surface area contributed by atoms with E-state index in [1.54, 1.807) is 41.3 Å². The van der Waals surface area contributed by atoms with Crippen molar-refractivity contribution in [1.29, 1.82) is 0 Å². The largest absolute Gasteiger partial charge is 0.341 e. The molecule has 2 aromatic rings. The van der Waals surface area contributed by atoms with E-state index in [4.69, 9.17) is 0 Å². The van der Waals surface area contributed by atoms with Gasteiger partial charge in [-0.2, -0.15) is 4.31 Å². The molecular formula is C23H31N3O4S2. The summed E-state index contributed by atoms with van der Waals surface area (Å²) in [7, 11) is -3.58. The van der Waals surface area contributed by atoms with E-state index < -0.39 is 16.1 Å². The van der Waals surface area contributed by atoms with Crippen molar-refractivity contribution in [3.63, 3.8) is 0 Å². The third-order valence-electron chi connectivity index (χ3n) is 6.00. The lowest BCUT2D eigenvalue weighted by atomic mass is 9.89. The zero-order chi connectivity index (χ0) is 23.3. The van der Waals surface area contributed by atoms with Crippen molar-refractivity contribution in [3.05, 3.63) is 52.2 Å². The summed E-state index contributed by atoms with van der Waals surface area (Å²) >= 11 is 1.33. The van der Waals surface area contributed by atoms with Crippen molar-refractivity contribution < 1.29 is 18.0 Å². The molecule has 9 heteroatoms. The first-order valence-electron chi connectivity index (χ1n) is 11.0. The molecule has 0 bridgehead atoms. The minimum atomic E-state index is -3.58. The van der Waals surface area contributed by atoms with Crippen LogP contribution in [0.4, 0.5) is 0 Å². The number of aryl methyl sites for hydroxylation is 1. The Kier molecular flexibility index (Phi) is 8.08. The Balaban J connectivity index is 1.74. The molecule has 0 unspecified atom stereocenters. The van der Waals surface area contributed by atoms with Gasteiger partial charge in [0.2, 0.25) is 15.9 Å². The van der Waals surface area contributed by atoms with Crippen LogP contribution in [0, 0.1) is 12.8 Å². The van der Waals surface area contributed by atoms with Crippen LogP contribution in [-0.2, 0) is 14.8 Å². The van der Waals surface area contributed by atoms with Crippen molar-refractivity contribution in [1.82, 2.24) is 14.5 Å². The van der Waals surface area contributed by atoms with Crippen molar-refractivity contribution in [2.75, 3.05) is 26.2 Å². The summed E-state index contributed by atoms with van der Waals surface area (Å²) in [5.74, 6) is -0.503. The Morgan fingerprint density at radius 2 is 1.75 bits per heavy atom. The maximum Gasteiger partial charge on any atom is 0.262 e. The van der Waals surface area contributed by atoms with Crippen molar-refractivity contribution >= 4 is 33.2 Å². The highest BCUT2D eigenvalue weighted by molar-refractivity contribution is 7.89. The van der Waals surface area contributed by atoms with Crippen LogP contribution >= 0.6 is 11.3 Å². The number of carbonyl (C=O) groups excluding carboxylic acids is 2. The fraction of sp³-hybridized carbons (Fsp3) is 0.478. The molecule has 174 valence electrons. The summed E-state index contributed by atoms with van der Waals surface area (Å²) in [6, 6.07) is 9.70. The molecule has 0 radical (unpaired) electrons. The normalized spacial score (nSPS) is 16.5. The zero-order valence-corrected chi connectivity index (χ0v) is 20.4. The topological polar surface area (TPSA) is 86.8 Å². The molecule has 0 spiro atoms. The third kappa shape index (κ3) is 5.39. The Morgan fingerprint density at radius 1 is 1.12 bits per heavy atom. The standard InChI is InChI=1S/C23H31N3O4S2/c1-4-25(5-2)23(28)21(24-22(27)20-7-6-16-31-20)18-12-14-26(15-13-18)32(29,30)19-10-8-17(3)9-11-19/h6-11,16,18,21H,4-5,12-15H2,1-3H3,(H,24,27)/t21-/m0/s1. The predicted molar refractivity (Wildman–Crippen MR) is 126 cm³/mol. The second-order valence-electron chi connectivity index (χ2n) is 7.99. The zero-order valence-electron chi connectivity index (χ0n) is 18.8. The number of sulfonamides is 1. The maximum absolute atomic E-state index is 13.2. The van der Waals surface area contributed by atoms with E-state index >= 15 is 0 Å². The van der Waals surface area contributed by atoms with E-state index in [0.29, 0.717) is 43.9 Å². The van der Waals surface area contributed by atoms with Gasteiger partial charge in [0, 0.05) is 26.2 Å². The molecule has 32 heavy (non-hydrogen) atoms. The van der Waals surface area contributed by atoms with Gasteiger partial charge >= 0.3 is 0 Å². The van der Waals surface area contributed by atoms with Gasteiger partial charge in [-0.15, -0.1) is 11.3 Å². The van der Waals surface area contributed by atoms with Crippen LogP contribution in [0.25, 0.3) is 0 Å². The first-order chi connectivity index (χ1) is 15.3. The predicted octanol–water partition coefficient (Wildman–Crippen LogP) is 3.12. The summed E-state index contributed by atoms with van der Waals surface area (Å²) in [5, 5.41) is 4.77. The van der Waals surface area contributed by atoms with Gasteiger partial charge in [0.25, 0.3) is 5.91 Å². The molecule has 1 N–H and O–H groups in total. The number of carbonyl (C=O) groups is 2. The number of hydrogen-bond donors (Lipinski definition) is 1. The van der Waals surface area contributed by atoms with Gasteiger partial charge in [0.15, 0.2) is 0 Å². The number of hydrogen-bond acceptors (Lipinski definition) is 5. The first kappa shape index (κ1) is 24.4. The van der Waals surface area contributed by atoms with Crippen LogP contribution in [-0.4, -0.2) is 61.7 Å². The van der Waals surface area contributed by atoms with E-state index in [-0.39, 0.29) is 22.6 Å². The minimum Gasteiger partial charge on any atom is -0.341 e. The number of nitrogens with zero attached hydrogens (tertiary/aromatic N) is 2. The van der Waals surface area contributed by atoms with Crippen molar-refractivity contribution in [2.24, 2.45) is 5.92 Å². The molecule has 0 saturated carbocycles. The summed E-state index contributed by atoms with van der Waals surface area (Å²) in [6.07, 6.45) is 1.01. The van der Waals surface area contributed by atoms with Crippen LogP contribution in [0.15, 0.2) is 46.7 Å². The van der Waals surface area contributed by atoms with E-state index in [1.165, 1.54) is 15.6 Å². The summed E-state index contributed by atoms with van der Waals surface area (Å²) in [6.45, 7) is 7.49. The molecule has 2 heterocycles. The van der Waals surface area contributed by atoms with Gasteiger partial charge < -0.3 is 10.2 Å². The average Bonchev–Trinajstić information content (AvgIpc) is 3.34. The number of nitrogens with one attached hydrogen (secondary N) is 1. The lowest BCUT2D eigenvalue weighted by Gasteiger charge is -2.36. The number of amides is 2. The number of piperidine rings is 1. The molecular weight excluding hydrogens is 446 g/mol. The van der Waals surface area contributed by atoms with Gasteiger partial charge in [0.05, 0.1) is 9.77 Å². The number of rotatable bonds is 8. The maximum atomic E-state index is 13.2. The Labute approximate surface area is 194 Å². The lowest BCUT2D eigenvalue weighted by Crippen LogP contribution is -2.54. The van der Waals surface area contributed by atoms with Gasteiger partial charge in [-0.05, 0) is 63.1 Å². The lowest BCUT2D eigenvalue weighted by molar-refractivity contribution is -0.134. The van der Waals surface area contributed by atoms with Gasteiger partial charge in [-0.1, -0.05) is 23.8 Å². The second kappa shape index (κ2) is 10.6. The van der Waals surface area contributed by atoms with Crippen LogP contribution in [0.3, 0.4) is 0 Å². The fourth-order valence-electron chi connectivity index (χ4n) is 4.04. The molecule has 7 nitrogen and oxygen atoms in total. The Morgan fingerprint density at radius 3 is 2.28 bits per heavy atom. The number of likely N-dealkylation sites (N-methyl/N-ethyl adjacent to an activating group) is 1. The first-order valence-corrected chi connectivity index (χ1v) is 13.3. The average molecular weight is 478 g/mol. The number of thiophene rings is 1. The molecule has 1 aromatic carbocycles. The minimum absolute atomic E-state index is 0.111. The molecule has 1 saturated heterocycles. The monoisotopic (exact) mass is 477 g/mol. The van der Waals surface area contributed by atoms with Crippen LogP contribution in [0.2, 0.25) is 0 Å². The van der Waals surface area contributed by atoms with E-state index in [1.807, 2.05) is 26.2 Å². The van der Waals surface area contributed by atoms with E-state index in [0.717, 1.165) is 5.56 Å². The molecule has 1 aliphatic heterocycles. The SMILES string of the molecule is CCN(CC)C(=O)[C@@H](NC(=O)c1cccs1)C1CCN(S(=O)(=O)c2ccc(C)cc2)CC1. The van der Waals surface area contributed by atoms with Gasteiger partial charge in [-0.3, -0.25) is 9.59 Å². The highest BCUT2D eigenvalue weighted by atomic mass is 32.2. The molecule has 1 atom stereocenters.